The normalized spacial score (nSPS) is 16.5. The van der Waals surface area contributed by atoms with Gasteiger partial charge in [-0.3, -0.25) is 0 Å². The highest BCUT2D eigenvalue weighted by atomic mass is 127. The molecule has 2 aliphatic rings. The van der Waals surface area contributed by atoms with E-state index in [1.807, 2.05) is 0 Å². The lowest BCUT2D eigenvalue weighted by Gasteiger charge is -2.22. The summed E-state index contributed by atoms with van der Waals surface area (Å²) in [6, 6.07) is 8.64. The van der Waals surface area contributed by atoms with Gasteiger partial charge in [-0.1, -0.05) is 6.07 Å². The van der Waals surface area contributed by atoms with Gasteiger partial charge in [0.2, 0.25) is 0 Å². The van der Waals surface area contributed by atoms with Crippen LogP contribution in [-0.2, 0) is 0 Å². The molecule has 1 aromatic rings. The van der Waals surface area contributed by atoms with Crippen LogP contribution in [0, 0.1) is 0 Å². The molecule has 0 aliphatic carbocycles. The predicted octanol–water partition coefficient (Wildman–Crippen LogP) is 3.28. The summed E-state index contributed by atoms with van der Waals surface area (Å²) < 4.78 is 0. The smallest absolute Gasteiger partial charge is 0.0938 e. The van der Waals surface area contributed by atoms with E-state index in [-0.39, 0.29) is 48.0 Å². The first-order valence-electron chi connectivity index (χ1n) is 6.13. The Morgan fingerprint density at radius 2 is 1.20 bits per heavy atom. The maximum absolute atomic E-state index is 2.24. The van der Waals surface area contributed by atoms with E-state index in [0.29, 0.717) is 0 Å². The number of hydrogen-bond donors (Lipinski definition) is 0. The summed E-state index contributed by atoms with van der Waals surface area (Å²) in [5.41, 5.74) is 2.46. The first-order chi connectivity index (χ1) is 8.72. The Balaban J connectivity index is 0.000001000. The molecule has 110 valence electrons. The van der Waals surface area contributed by atoms with Crippen LogP contribution in [-0.4, -0.2) is 37.2 Å². The third-order valence-corrected chi connectivity index (χ3v) is 3.25. The molecule has 0 saturated carbocycles. The molecule has 6 heteroatoms. The number of anilines is 2. The van der Waals surface area contributed by atoms with Crippen molar-refractivity contribution in [3.63, 3.8) is 0 Å². The van der Waals surface area contributed by atoms with Crippen molar-refractivity contribution in [3.8, 4) is 0 Å². The van der Waals surface area contributed by atoms with Crippen molar-refractivity contribution in [3.05, 3.63) is 49.1 Å². The number of hydrogen-bond acceptors (Lipinski definition) is 4. The maximum atomic E-state index is 2.24. The second-order valence-corrected chi connectivity index (χ2v) is 4.85. The molecule has 4 nitrogen and oxygen atoms in total. The molecule has 0 unspecified atom stereocenters. The van der Waals surface area contributed by atoms with Crippen molar-refractivity contribution in [1.29, 1.82) is 0 Å². The van der Waals surface area contributed by atoms with Crippen LogP contribution in [0.5, 0.6) is 0 Å². The van der Waals surface area contributed by atoms with Gasteiger partial charge in [-0.05, 0) is 18.2 Å². The van der Waals surface area contributed by atoms with Crippen LogP contribution < -0.4 is 9.80 Å². The van der Waals surface area contributed by atoms with Crippen LogP contribution in [0.1, 0.15) is 0 Å². The molecule has 0 radical (unpaired) electrons. The molecule has 0 bridgehead atoms. The van der Waals surface area contributed by atoms with Gasteiger partial charge in [0.25, 0.3) is 0 Å². The van der Waals surface area contributed by atoms with Gasteiger partial charge in [0.05, 0.1) is 13.3 Å². The summed E-state index contributed by atoms with van der Waals surface area (Å²) in [4.78, 5) is 8.81. The van der Waals surface area contributed by atoms with E-state index < -0.39 is 0 Å². The largest absolute Gasteiger partial charge is 0.361 e. The number of nitrogens with zero attached hydrogens (tertiary/aromatic N) is 4. The number of rotatable bonds is 2. The van der Waals surface area contributed by atoms with Crippen molar-refractivity contribution in [2.45, 2.75) is 0 Å². The average Bonchev–Trinajstić information content (AvgIpc) is 2.98. The minimum absolute atomic E-state index is 0. The van der Waals surface area contributed by atoms with Gasteiger partial charge >= 0.3 is 0 Å². The lowest BCUT2D eigenvalue weighted by atomic mass is 10.2. The second kappa shape index (κ2) is 7.39. The Kier molecular flexibility index (Phi) is 6.44. The van der Waals surface area contributed by atoms with Gasteiger partial charge < -0.3 is 19.6 Å². The maximum Gasteiger partial charge on any atom is 0.0938 e. The first-order valence-corrected chi connectivity index (χ1v) is 6.13. The Labute approximate surface area is 154 Å². The summed E-state index contributed by atoms with van der Waals surface area (Å²) >= 11 is 0. The van der Waals surface area contributed by atoms with Gasteiger partial charge in [0.1, 0.15) is 0 Å². The Morgan fingerprint density at radius 3 is 1.55 bits per heavy atom. The Bertz CT molecular complexity index is 462. The van der Waals surface area contributed by atoms with E-state index in [4.69, 9.17) is 0 Å². The molecule has 0 saturated heterocycles. The van der Waals surface area contributed by atoms with E-state index >= 15 is 0 Å². The molecule has 0 atom stereocenters. The molecule has 0 aromatic heterocycles. The van der Waals surface area contributed by atoms with Gasteiger partial charge in [0, 0.05) is 50.3 Å². The zero-order chi connectivity index (χ0) is 12.5. The molecular formula is C14H20I2N4. The average molecular weight is 498 g/mol. The van der Waals surface area contributed by atoms with Crippen LogP contribution >= 0.6 is 48.0 Å². The standard InChI is InChI=1S/C14H18N4.2HI/c1-15-6-8-17(11-15)13-4-3-5-14(10-13)18-9-7-16(2)12-18;;/h3-10H,11-12H2,1-2H3;2*1H. The molecule has 0 fully saturated rings. The van der Waals surface area contributed by atoms with Crippen LogP contribution in [0.2, 0.25) is 0 Å². The predicted molar refractivity (Wildman–Crippen MR) is 106 cm³/mol. The SMILES string of the molecule is CN1C=CN(c2cccc(N3C=CN(C)C3)c2)C1.I.I. The van der Waals surface area contributed by atoms with Crippen molar-refractivity contribution in [1.82, 2.24) is 9.80 Å². The quantitative estimate of drug-likeness (QED) is 0.581. The highest BCUT2D eigenvalue weighted by Crippen LogP contribution is 2.26. The van der Waals surface area contributed by atoms with Crippen LogP contribution in [0.3, 0.4) is 0 Å². The monoisotopic (exact) mass is 498 g/mol. The highest BCUT2D eigenvalue weighted by molar-refractivity contribution is 14.0. The van der Waals surface area contributed by atoms with Crippen molar-refractivity contribution < 1.29 is 0 Å². The van der Waals surface area contributed by atoms with E-state index in [1.165, 1.54) is 11.4 Å². The molecule has 2 heterocycles. The highest BCUT2D eigenvalue weighted by Gasteiger charge is 2.14. The third-order valence-electron chi connectivity index (χ3n) is 3.25. The van der Waals surface area contributed by atoms with Crippen LogP contribution in [0.15, 0.2) is 49.1 Å². The number of benzene rings is 1. The zero-order valence-electron chi connectivity index (χ0n) is 11.6. The fraction of sp³-hybridized carbons (Fsp3) is 0.286. The minimum atomic E-state index is 0. The molecule has 0 spiro atoms. The fourth-order valence-corrected chi connectivity index (χ4v) is 2.24. The Hall–Kier alpha value is -0.640. The van der Waals surface area contributed by atoms with Gasteiger partial charge in [-0.2, -0.15) is 0 Å². The van der Waals surface area contributed by atoms with Crippen LogP contribution in [0.25, 0.3) is 0 Å². The molecule has 1 aromatic carbocycles. The molecule has 20 heavy (non-hydrogen) atoms. The molecule has 0 N–H and O–H groups in total. The molecule has 0 amide bonds. The summed E-state index contributed by atoms with van der Waals surface area (Å²) in [5.74, 6) is 0. The van der Waals surface area contributed by atoms with Crippen LogP contribution in [0.4, 0.5) is 11.4 Å². The van der Waals surface area contributed by atoms with E-state index in [2.05, 4.69) is 82.8 Å². The summed E-state index contributed by atoms with van der Waals surface area (Å²) in [6.07, 6.45) is 8.42. The zero-order valence-corrected chi connectivity index (χ0v) is 16.3. The Morgan fingerprint density at radius 1 is 0.750 bits per heavy atom. The van der Waals surface area contributed by atoms with Gasteiger partial charge in [0.15, 0.2) is 0 Å². The van der Waals surface area contributed by atoms with Crippen molar-refractivity contribution in [2.24, 2.45) is 0 Å². The van der Waals surface area contributed by atoms with E-state index in [9.17, 15) is 0 Å². The van der Waals surface area contributed by atoms with Gasteiger partial charge in [-0.25, -0.2) is 0 Å². The first kappa shape index (κ1) is 17.4. The molecular weight excluding hydrogens is 478 g/mol. The lowest BCUT2D eigenvalue weighted by Crippen LogP contribution is -2.23. The minimum Gasteiger partial charge on any atom is -0.361 e. The third kappa shape index (κ3) is 3.72. The van der Waals surface area contributed by atoms with Gasteiger partial charge in [-0.15, -0.1) is 48.0 Å². The van der Waals surface area contributed by atoms with E-state index in [1.54, 1.807) is 0 Å². The fourth-order valence-electron chi connectivity index (χ4n) is 2.24. The summed E-state index contributed by atoms with van der Waals surface area (Å²) in [6.45, 7) is 1.83. The molecule has 3 rings (SSSR count). The summed E-state index contributed by atoms with van der Waals surface area (Å²) in [7, 11) is 4.16. The van der Waals surface area contributed by atoms with E-state index in [0.717, 1.165) is 13.3 Å². The van der Waals surface area contributed by atoms with Crippen molar-refractivity contribution >= 4 is 59.3 Å². The number of halogens is 2. The second-order valence-electron chi connectivity index (χ2n) is 4.85. The summed E-state index contributed by atoms with van der Waals surface area (Å²) in [5, 5.41) is 0. The lowest BCUT2D eigenvalue weighted by molar-refractivity contribution is 0.494. The van der Waals surface area contributed by atoms with Crippen molar-refractivity contribution in [2.75, 3.05) is 37.2 Å². The topological polar surface area (TPSA) is 13.0 Å². The molecule has 2 aliphatic heterocycles.